The van der Waals surface area contributed by atoms with Gasteiger partial charge >= 0.3 is 0 Å². The fourth-order valence-corrected chi connectivity index (χ4v) is 3.90. The zero-order valence-electron chi connectivity index (χ0n) is 14.8. The first-order chi connectivity index (χ1) is 12.4. The summed E-state index contributed by atoms with van der Waals surface area (Å²) in [5.41, 5.74) is 7.48. The molecule has 1 aromatic carbocycles. The van der Waals surface area contributed by atoms with Crippen LogP contribution >= 0.6 is 35.0 Å². The molecule has 5 nitrogen and oxygen atoms in total. The Kier molecular flexibility index (Phi) is 8.00. The number of amides is 1. The highest BCUT2D eigenvalue weighted by Gasteiger charge is 2.16. The van der Waals surface area contributed by atoms with Gasteiger partial charge in [0.15, 0.2) is 5.16 Å². The van der Waals surface area contributed by atoms with Gasteiger partial charge in [-0.25, -0.2) is 9.97 Å². The molecule has 0 saturated carbocycles. The molecule has 1 heterocycles. The van der Waals surface area contributed by atoms with Gasteiger partial charge in [-0.15, -0.1) is 0 Å². The summed E-state index contributed by atoms with van der Waals surface area (Å²) in [6.45, 7) is 4.47. The molecular weight excluding hydrogens is 391 g/mol. The van der Waals surface area contributed by atoms with E-state index < -0.39 is 0 Å². The molecule has 3 N–H and O–H groups in total. The smallest absolute Gasteiger partial charge is 0.230 e. The summed E-state index contributed by atoms with van der Waals surface area (Å²) in [5.74, 6) is 0.700. The quantitative estimate of drug-likeness (QED) is 0.493. The predicted molar refractivity (Wildman–Crippen MR) is 109 cm³/mol. The van der Waals surface area contributed by atoms with Gasteiger partial charge < -0.3 is 11.1 Å². The van der Waals surface area contributed by atoms with Crippen molar-refractivity contribution in [3.8, 4) is 0 Å². The second-order valence-electron chi connectivity index (χ2n) is 5.96. The number of nitrogens with two attached hydrogens (primary N) is 1. The van der Waals surface area contributed by atoms with Crippen LogP contribution in [0.3, 0.4) is 0 Å². The number of hydrogen-bond donors (Lipinski definition) is 2. The summed E-state index contributed by atoms with van der Waals surface area (Å²) in [6, 6.07) is 7.17. The Labute approximate surface area is 168 Å². The van der Waals surface area contributed by atoms with Crippen molar-refractivity contribution in [3.05, 3.63) is 45.6 Å². The summed E-state index contributed by atoms with van der Waals surface area (Å²) in [6.07, 6.45) is 1.91. The first kappa shape index (κ1) is 20.8. The predicted octanol–water partition coefficient (Wildman–Crippen LogP) is 4.47. The van der Waals surface area contributed by atoms with Crippen molar-refractivity contribution < 1.29 is 4.79 Å². The van der Waals surface area contributed by atoms with Gasteiger partial charge in [0.1, 0.15) is 5.82 Å². The minimum absolute atomic E-state index is 0.0788. The third kappa shape index (κ3) is 6.34. The molecule has 0 spiro atoms. The average Bonchev–Trinajstić information content (AvgIpc) is 2.56. The van der Waals surface area contributed by atoms with E-state index in [1.807, 2.05) is 19.1 Å². The minimum atomic E-state index is -0.0788. The Morgan fingerprint density at radius 3 is 2.73 bits per heavy atom. The second kappa shape index (κ2) is 10.00. The number of rotatable bonds is 8. The molecule has 0 radical (unpaired) electrons. The topological polar surface area (TPSA) is 80.9 Å². The molecule has 0 saturated heterocycles. The monoisotopic (exact) mass is 412 g/mol. The third-order valence-corrected chi connectivity index (χ3v) is 5.18. The van der Waals surface area contributed by atoms with E-state index in [-0.39, 0.29) is 17.6 Å². The van der Waals surface area contributed by atoms with Crippen molar-refractivity contribution in [2.75, 3.05) is 18.0 Å². The highest BCUT2D eigenvalue weighted by Crippen LogP contribution is 2.30. The lowest BCUT2D eigenvalue weighted by Crippen LogP contribution is -2.30. The van der Waals surface area contributed by atoms with Crippen LogP contribution in [0.15, 0.2) is 29.4 Å². The van der Waals surface area contributed by atoms with Crippen molar-refractivity contribution in [1.29, 1.82) is 0 Å². The summed E-state index contributed by atoms with van der Waals surface area (Å²) >= 11 is 13.6. The van der Waals surface area contributed by atoms with Crippen molar-refractivity contribution >= 4 is 46.7 Å². The lowest BCUT2D eigenvalue weighted by Gasteiger charge is -2.19. The molecule has 1 atom stereocenters. The van der Waals surface area contributed by atoms with E-state index in [2.05, 4.69) is 22.2 Å². The number of anilines is 1. The zero-order valence-corrected chi connectivity index (χ0v) is 17.1. The van der Waals surface area contributed by atoms with Gasteiger partial charge in [0.05, 0.1) is 5.75 Å². The Hall–Kier alpha value is -1.50. The number of nitrogens with one attached hydrogen (secondary N) is 1. The van der Waals surface area contributed by atoms with E-state index in [1.165, 1.54) is 11.8 Å². The Morgan fingerprint density at radius 2 is 2.08 bits per heavy atom. The van der Waals surface area contributed by atoms with Crippen molar-refractivity contribution in [2.24, 2.45) is 0 Å². The van der Waals surface area contributed by atoms with Crippen LogP contribution in [-0.2, 0) is 4.79 Å². The van der Waals surface area contributed by atoms with Crippen LogP contribution in [-0.4, -0.2) is 28.2 Å². The molecule has 8 heteroatoms. The molecule has 0 fully saturated rings. The summed E-state index contributed by atoms with van der Waals surface area (Å²) in [5, 5.41) is 4.70. The SMILES string of the molecule is CCC[C@@H](CNC(=O)CSc1nc(C)cc(N)n1)c1ccc(Cl)cc1Cl. The fourth-order valence-electron chi connectivity index (χ4n) is 2.60. The first-order valence-electron chi connectivity index (χ1n) is 8.34. The molecule has 2 rings (SSSR count). The van der Waals surface area contributed by atoms with Crippen LogP contribution < -0.4 is 11.1 Å². The van der Waals surface area contributed by atoms with Crippen LogP contribution in [0.5, 0.6) is 0 Å². The standard InChI is InChI=1S/C18H22Cl2N4OS/c1-3-4-12(14-6-5-13(19)8-15(14)20)9-22-17(25)10-26-18-23-11(2)7-16(21)24-18/h5-8,12H,3-4,9-10H2,1-2H3,(H,22,25)(H2,21,23,24)/t12-/m0/s1. The van der Waals surface area contributed by atoms with Crippen molar-refractivity contribution in [3.63, 3.8) is 0 Å². The van der Waals surface area contributed by atoms with Crippen LogP contribution in [0.1, 0.15) is 36.9 Å². The van der Waals surface area contributed by atoms with E-state index in [1.54, 1.807) is 12.1 Å². The van der Waals surface area contributed by atoms with Gasteiger partial charge in [-0.1, -0.05) is 54.4 Å². The number of thioether (sulfide) groups is 1. The highest BCUT2D eigenvalue weighted by atomic mass is 35.5. The molecule has 140 valence electrons. The second-order valence-corrected chi connectivity index (χ2v) is 7.75. The fraction of sp³-hybridized carbons (Fsp3) is 0.389. The molecule has 0 aliphatic heterocycles. The maximum atomic E-state index is 12.2. The molecule has 26 heavy (non-hydrogen) atoms. The Morgan fingerprint density at radius 1 is 1.31 bits per heavy atom. The summed E-state index contributed by atoms with van der Waals surface area (Å²) < 4.78 is 0. The van der Waals surface area contributed by atoms with E-state index >= 15 is 0 Å². The van der Waals surface area contributed by atoms with Gasteiger partial charge in [-0.2, -0.15) is 0 Å². The number of aromatic nitrogens is 2. The lowest BCUT2D eigenvalue weighted by molar-refractivity contribution is -0.118. The van der Waals surface area contributed by atoms with Gasteiger partial charge in [-0.05, 0) is 31.0 Å². The lowest BCUT2D eigenvalue weighted by atomic mass is 9.94. The number of nitrogens with zero attached hydrogens (tertiary/aromatic N) is 2. The van der Waals surface area contributed by atoms with Crippen LogP contribution in [0.25, 0.3) is 0 Å². The number of hydrogen-bond acceptors (Lipinski definition) is 5. The zero-order chi connectivity index (χ0) is 19.1. The minimum Gasteiger partial charge on any atom is -0.384 e. The molecular formula is C18H22Cl2N4OS. The number of aryl methyl sites for hydroxylation is 1. The summed E-state index contributed by atoms with van der Waals surface area (Å²) in [7, 11) is 0. The maximum Gasteiger partial charge on any atom is 0.230 e. The Balaban J connectivity index is 1.92. The molecule has 2 aromatic rings. The maximum absolute atomic E-state index is 12.2. The molecule has 0 aliphatic carbocycles. The van der Waals surface area contributed by atoms with Crippen LogP contribution in [0.4, 0.5) is 5.82 Å². The molecule has 0 aliphatic rings. The molecule has 1 aromatic heterocycles. The number of halogens is 2. The highest BCUT2D eigenvalue weighted by molar-refractivity contribution is 7.99. The van der Waals surface area contributed by atoms with E-state index in [0.29, 0.717) is 27.6 Å². The molecule has 0 unspecified atom stereocenters. The van der Waals surface area contributed by atoms with E-state index in [0.717, 1.165) is 24.1 Å². The van der Waals surface area contributed by atoms with Gasteiger partial charge in [0.2, 0.25) is 5.91 Å². The largest absolute Gasteiger partial charge is 0.384 e. The number of carbonyl (C=O) groups excluding carboxylic acids is 1. The van der Waals surface area contributed by atoms with E-state index in [4.69, 9.17) is 28.9 Å². The van der Waals surface area contributed by atoms with E-state index in [9.17, 15) is 4.79 Å². The number of benzene rings is 1. The third-order valence-electron chi connectivity index (χ3n) is 3.77. The van der Waals surface area contributed by atoms with Crippen LogP contribution in [0, 0.1) is 6.92 Å². The van der Waals surface area contributed by atoms with Gasteiger partial charge in [-0.3, -0.25) is 4.79 Å². The molecule has 0 bridgehead atoms. The number of nitrogen functional groups attached to an aromatic ring is 1. The van der Waals surface area contributed by atoms with Gasteiger partial charge in [0, 0.05) is 34.3 Å². The first-order valence-corrected chi connectivity index (χ1v) is 10.1. The molecule has 1 amide bonds. The van der Waals surface area contributed by atoms with Gasteiger partial charge in [0.25, 0.3) is 0 Å². The van der Waals surface area contributed by atoms with Crippen molar-refractivity contribution in [1.82, 2.24) is 15.3 Å². The van der Waals surface area contributed by atoms with Crippen molar-refractivity contribution in [2.45, 2.75) is 37.8 Å². The average molecular weight is 413 g/mol. The number of carbonyl (C=O) groups is 1. The Bertz CT molecular complexity index is 753. The normalized spacial score (nSPS) is 12.0. The summed E-state index contributed by atoms with van der Waals surface area (Å²) in [4.78, 5) is 20.6. The van der Waals surface area contributed by atoms with Crippen LogP contribution in [0.2, 0.25) is 10.0 Å².